The summed E-state index contributed by atoms with van der Waals surface area (Å²) >= 11 is 0. The lowest BCUT2D eigenvalue weighted by Gasteiger charge is -2.37. The molecule has 0 saturated heterocycles. The summed E-state index contributed by atoms with van der Waals surface area (Å²) in [5.41, 5.74) is 0. The first-order valence-electron chi connectivity index (χ1n) is 4.37. The summed E-state index contributed by atoms with van der Waals surface area (Å²) in [5.74, 6) is 0. The maximum Gasteiger partial charge on any atom is 0.538 e. The normalized spacial score (nSPS) is 13.3. The zero-order valence-electron chi connectivity index (χ0n) is 9.75. The van der Waals surface area contributed by atoms with Gasteiger partial charge in [0.2, 0.25) is 0 Å². The van der Waals surface area contributed by atoms with Crippen LogP contribution in [0.3, 0.4) is 0 Å². The zero-order chi connectivity index (χ0) is 11.2. The fourth-order valence-electron chi connectivity index (χ4n) is 1.56. The Morgan fingerprint density at radius 2 is 1.07 bits per heavy atom. The van der Waals surface area contributed by atoms with Crippen molar-refractivity contribution in [1.29, 1.82) is 0 Å². The van der Waals surface area contributed by atoms with E-state index in [1.165, 1.54) is 0 Å². The van der Waals surface area contributed by atoms with Crippen LogP contribution in [-0.2, 0) is 22.1 Å². The minimum atomic E-state index is -2.80. The molecule has 0 unspecified atom stereocenters. The van der Waals surface area contributed by atoms with E-state index in [1.54, 1.807) is 35.5 Å². The summed E-state index contributed by atoms with van der Waals surface area (Å²) < 4.78 is 27.1. The van der Waals surface area contributed by atoms with E-state index in [-0.39, 0.29) is 0 Å². The van der Waals surface area contributed by atoms with Crippen LogP contribution in [0.4, 0.5) is 0 Å². The molecule has 0 aliphatic rings. The molecule has 0 aromatic carbocycles. The van der Waals surface area contributed by atoms with Crippen molar-refractivity contribution in [3.8, 4) is 0 Å². The summed E-state index contributed by atoms with van der Waals surface area (Å²) in [6.07, 6.45) is 0. The van der Waals surface area contributed by atoms with Gasteiger partial charge in [0.1, 0.15) is 0 Å². The average molecular weight is 240 g/mol. The zero-order valence-corrected chi connectivity index (χ0v) is 11.7. The molecule has 0 amide bonds. The molecule has 0 fully saturated rings. The van der Waals surface area contributed by atoms with Gasteiger partial charge in [-0.1, -0.05) is 6.92 Å². The van der Waals surface area contributed by atoms with Crippen LogP contribution in [-0.4, -0.2) is 51.9 Å². The van der Waals surface area contributed by atoms with Crippen LogP contribution in [0.15, 0.2) is 0 Å². The minimum Gasteiger partial charge on any atom is -0.395 e. The van der Waals surface area contributed by atoms with Gasteiger partial charge in [-0.25, -0.2) is 0 Å². The lowest BCUT2D eigenvalue weighted by atomic mass is 11.0. The van der Waals surface area contributed by atoms with Crippen molar-refractivity contribution in [2.24, 2.45) is 0 Å². The Morgan fingerprint density at radius 1 is 0.714 bits per heavy atom. The fourth-order valence-corrected chi connectivity index (χ4v) is 10.3. The molecule has 0 aromatic heterocycles. The van der Waals surface area contributed by atoms with Crippen molar-refractivity contribution in [1.82, 2.24) is 0 Å². The molecule has 0 N–H and O–H groups in total. The Kier molecular flexibility index (Phi) is 6.06. The van der Waals surface area contributed by atoms with Gasteiger partial charge in [-0.2, -0.15) is 0 Å². The van der Waals surface area contributed by atoms with Crippen molar-refractivity contribution in [3.63, 3.8) is 0 Å². The molecular weight excluding hydrogens is 220 g/mol. The van der Waals surface area contributed by atoms with E-state index in [1.807, 2.05) is 6.92 Å². The highest BCUT2D eigenvalue weighted by molar-refractivity contribution is 7.29. The Bertz CT molecular complexity index is 124. The molecule has 0 aliphatic heterocycles. The van der Waals surface area contributed by atoms with Crippen LogP contribution in [0, 0.1) is 0 Å². The maximum atomic E-state index is 5.48. The van der Waals surface area contributed by atoms with Gasteiger partial charge in [0, 0.05) is 35.5 Å². The van der Waals surface area contributed by atoms with Gasteiger partial charge in [0.05, 0.1) is 0 Å². The predicted molar refractivity (Wildman–Crippen MR) is 57.0 cm³/mol. The second kappa shape index (κ2) is 5.96. The second-order valence-corrected chi connectivity index (χ2v) is 12.2. The lowest BCUT2D eigenvalue weighted by molar-refractivity contribution is 0.116. The predicted octanol–water partition coefficient (Wildman–Crippen LogP) is 0.698. The summed E-state index contributed by atoms with van der Waals surface area (Å²) in [6, 6.07) is 0.724. The van der Waals surface area contributed by atoms with Crippen LogP contribution in [0.2, 0.25) is 6.04 Å². The van der Waals surface area contributed by atoms with Gasteiger partial charge < -0.3 is 22.1 Å². The molecule has 0 saturated carbocycles. The van der Waals surface area contributed by atoms with Crippen LogP contribution < -0.4 is 0 Å². The standard InChI is InChI=1S/C7H20O5Si2/c1-7-13(8-2,9-3)14(10-4,11-5)12-6/h7H2,1-6H3. The van der Waals surface area contributed by atoms with Gasteiger partial charge in [-0.15, -0.1) is 0 Å². The molecule has 7 heteroatoms. The minimum absolute atomic E-state index is 0.724. The fraction of sp³-hybridized carbons (Fsp3) is 1.00. The largest absolute Gasteiger partial charge is 0.538 e. The molecule has 5 nitrogen and oxygen atoms in total. The molecule has 0 radical (unpaired) electrons. The second-order valence-electron chi connectivity index (χ2n) is 2.68. The van der Waals surface area contributed by atoms with Gasteiger partial charge in [-0.05, 0) is 6.04 Å². The summed E-state index contributed by atoms with van der Waals surface area (Å²) in [7, 11) is 2.58. The molecule has 0 aliphatic carbocycles. The highest BCUT2D eigenvalue weighted by Gasteiger charge is 2.65. The molecule has 0 aromatic rings. The Hall–Kier alpha value is 0.234. The van der Waals surface area contributed by atoms with E-state index in [0.29, 0.717) is 0 Å². The maximum absolute atomic E-state index is 5.48. The summed E-state index contributed by atoms with van der Waals surface area (Å²) in [5, 5.41) is 0. The molecule has 0 atom stereocenters. The van der Waals surface area contributed by atoms with E-state index in [0.717, 1.165) is 6.04 Å². The summed E-state index contributed by atoms with van der Waals surface area (Å²) in [6.45, 7) is 1.98. The van der Waals surface area contributed by atoms with Gasteiger partial charge in [0.15, 0.2) is 0 Å². The van der Waals surface area contributed by atoms with E-state index in [2.05, 4.69) is 0 Å². The van der Waals surface area contributed by atoms with Gasteiger partial charge in [0.25, 0.3) is 0 Å². The van der Waals surface area contributed by atoms with E-state index >= 15 is 0 Å². The quantitative estimate of drug-likeness (QED) is 0.613. The number of hydrogen-bond donors (Lipinski definition) is 0. The van der Waals surface area contributed by atoms with E-state index in [4.69, 9.17) is 22.1 Å². The Morgan fingerprint density at radius 3 is 1.14 bits per heavy atom. The molecule has 0 rings (SSSR count). The Labute approximate surface area is 87.7 Å². The van der Waals surface area contributed by atoms with Crippen molar-refractivity contribution in [3.05, 3.63) is 0 Å². The highest BCUT2D eigenvalue weighted by atomic mass is 29.3. The van der Waals surface area contributed by atoms with E-state index < -0.39 is 16.4 Å². The first kappa shape index (κ1) is 14.2. The third kappa shape index (κ3) is 2.08. The SMILES string of the molecule is CC[Si](OC)(OC)[Si](OC)(OC)OC. The molecule has 0 bridgehead atoms. The van der Waals surface area contributed by atoms with Crippen molar-refractivity contribution in [2.45, 2.75) is 13.0 Å². The molecule has 14 heavy (non-hydrogen) atoms. The topological polar surface area (TPSA) is 46.2 Å². The van der Waals surface area contributed by atoms with Gasteiger partial charge >= 0.3 is 16.4 Å². The third-order valence-electron chi connectivity index (χ3n) is 2.40. The van der Waals surface area contributed by atoms with Crippen LogP contribution in [0.25, 0.3) is 0 Å². The lowest BCUT2D eigenvalue weighted by Crippen LogP contribution is -2.70. The molecule has 0 heterocycles. The first-order chi connectivity index (χ1) is 6.61. The van der Waals surface area contributed by atoms with Crippen molar-refractivity contribution < 1.29 is 22.1 Å². The molecule has 0 spiro atoms. The van der Waals surface area contributed by atoms with Gasteiger partial charge in [-0.3, -0.25) is 0 Å². The van der Waals surface area contributed by atoms with Crippen LogP contribution in [0.1, 0.15) is 6.92 Å². The average Bonchev–Trinajstić information content (AvgIpc) is 2.27. The molecular formula is C7H20O5Si2. The molecule has 86 valence electrons. The highest BCUT2D eigenvalue weighted by Crippen LogP contribution is 2.26. The van der Waals surface area contributed by atoms with E-state index in [9.17, 15) is 0 Å². The number of rotatable bonds is 7. The van der Waals surface area contributed by atoms with Crippen molar-refractivity contribution in [2.75, 3.05) is 35.5 Å². The summed E-state index contributed by atoms with van der Waals surface area (Å²) in [4.78, 5) is 0. The van der Waals surface area contributed by atoms with Crippen LogP contribution >= 0.6 is 0 Å². The monoisotopic (exact) mass is 240 g/mol. The third-order valence-corrected chi connectivity index (χ3v) is 14.1. The number of hydrogen-bond acceptors (Lipinski definition) is 5. The van der Waals surface area contributed by atoms with Crippen LogP contribution in [0.5, 0.6) is 0 Å². The van der Waals surface area contributed by atoms with Crippen molar-refractivity contribution >= 4 is 16.4 Å². The first-order valence-corrected chi connectivity index (χ1v) is 9.12. The smallest absolute Gasteiger partial charge is 0.395 e. The Balaban J connectivity index is 5.08.